The van der Waals surface area contributed by atoms with Gasteiger partial charge in [-0.25, -0.2) is 0 Å². The molecule has 1 aromatic carbocycles. The van der Waals surface area contributed by atoms with Crippen LogP contribution in [0, 0.1) is 5.92 Å². The van der Waals surface area contributed by atoms with Crippen molar-refractivity contribution in [3.8, 4) is 5.75 Å². The molecular formula is C12H14ClNO3. The molecule has 1 unspecified atom stereocenters. The lowest BCUT2D eigenvalue weighted by atomic mass is 10.2. The lowest BCUT2D eigenvalue weighted by molar-refractivity contribution is 0.0901. The molecule has 0 saturated heterocycles. The van der Waals surface area contributed by atoms with Crippen LogP contribution in [-0.4, -0.2) is 28.8 Å². The first-order valence-corrected chi connectivity index (χ1v) is 5.90. The predicted octanol–water partition coefficient (Wildman–Crippen LogP) is 1.55. The average Bonchev–Trinajstić information content (AvgIpc) is 3.12. The van der Waals surface area contributed by atoms with Crippen molar-refractivity contribution < 1.29 is 15.0 Å². The minimum Gasteiger partial charge on any atom is -0.508 e. The van der Waals surface area contributed by atoms with E-state index in [9.17, 15) is 15.0 Å². The Hall–Kier alpha value is -1.26. The number of aromatic hydroxyl groups is 1. The Morgan fingerprint density at radius 1 is 1.53 bits per heavy atom. The van der Waals surface area contributed by atoms with Gasteiger partial charge in [0.15, 0.2) is 0 Å². The van der Waals surface area contributed by atoms with Crippen LogP contribution in [0.5, 0.6) is 5.75 Å². The molecule has 1 fully saturated rings. The Balaban J connectivity index is 1.96. The molecule has 0 bridgehead atoms. The molecule has 1 saturated carbocycles. The van der Waals surface area contributed by atoms with Crippen LogP contribution in [0.2, 0.25) is 5.02 Å². The van der Waals surface area contributed by atoms with E-state index < -0.39 is 6.10 Å². The number of halogens is 1. The second-order valence-corrected chi connectivity index (χ2v) is 4.69. The molecule has 2 rings (SSSR count). The van der Waals surface area contributed by atoms with E-state index in [-0.39, 0.29) is 28.8 Å². The largest absolute Gasteiger partial charge is 0.508 e. The van der Waals surface area contributed by atoms with Crippen molar-refractivity contribution in [3.05, 3.63) is 28.8 Å². The number of hydrogen-bond donors (Lipinski definition) is 3. The lowest BCUT2D eigenvalue weighted by Gasteiger charge is -2.11. The van der Waals surface area contributed by atoms with Gasteiger partial charge in [0.25, 0.3) is 5.91 Å². The highest BCUT2D eigenvalue weighted by atomic mass is 35.5. The molecule has 1 aromatic rings. The molecule has 0 spiro atoms. The maximum atomic E-state index is 11.7. The molecule has 17 heavy (non-hydrogen) atoms. The third-order valence-electron chi connectivity index (χ3n) is 2.83. The molecule has 1 amide bonds. The van der Waals surface area contributed by atoms with E-state index in [0.29, 0.717) is 5.92 Å². The maximum Gasteiger partial charge on any atom is 0.253 e. The standard InChI is InChI=1S/C12H14ClNO3/c13-10-4-3-8(15)5-9(10)12(17)14-6-11(16)7-1-2-7/h3-5,7,11,15-16H,1-2,6H2,(H,14,17). The zero-order valence-corrected chi connectivity index (χ0v) is 9.94. The van der Waals surface area contributed by atoms with Gasteiger partial charge in [-0.3, -0.25) is 4.79 Å². The normalized spacial score (nSPS) is 16.6. The van der Waals surface area contributed by atoms with Gasteiger partial charge in [0.1, 0.15) is 5.75 Å². The summed E-state index contributed by atoms with van der Waals surface area (Å²) in [5, 5.41) is 21.8. The zero-order valence-electron chi connectivity index (χ0n) is 9.19. The zero-order chi connectivity index (χ0) is 12.4. The van der Waals surface area contributed by atoms with Crippen LogP contribution < -0.4 is 5.32 Å². The summed E-state index contributed by atoms with van der Waals surface area (Å²) in [6.45, 7) is 0.218. The number of phenols is 1. The molecule has 3 N–H and O–H groups in total. The summed E-state index contributed by atoms with van der Waals surface area (Å²) in [6, 6.07) is 4.18. The van der Waals surface area contributed by atoms with Crippen molar-refractivity contribution >= 4 is 17.5 Å². The van der Waals surface area contributed by atoms with Gasteiger partial charge in [0.2, 0.25) is 0 Å². The molecule has 5 heteroatoms. The summed E-state index contributed by atoms with van der Waals surface area (Å²) in [5.41, 5.74) is 0.217. The van der Waals surface area contributed by atoms with Crippen LogP contribution in [-0.2, 0) is 0 Å². The number of aliphatic hydroxyl groups excluding tert-OH is 1. The number of rotatable bonds is 4. The van der Waals surface area contributed by atoms with E-state index in [2.05, 4.69) is 5.32 Å². The summed E-state index contributed by atoms with van der Waals surface area (Å²) in [7, 11) is 0. The topological polar surface area (TPSA) is 69.6 Å². The van der Waals surface area contributed by atoms with Crippen LogP contribution >= 0.6 is 11.6 Å². The Morgan fingerprint density at radius 3 is 2.88 bits per heavy atom. The molecule has 1 aliphatic carbocycles. The maximum absolute atomic E-state index is 11.7. The van der Waals surface area contributed by atoms with Gasteiger partial charge in [-0.05, 0) is 37.0 Å². The van der Waals surface area contributed by atoms with Crippen molar-refractivity contribution in [2.45, 2.75) is 18.9 Å². The number of amides is 1. The average molecular weight is 256 g/mol. The van der Waals surface area contributed by atoms with Gasteiger partial charge in [0, 0.05) is 6.54 Å². The molecule has 1 aliphatic rings. The van der Waals surface area contributed by atoms with Crippen molar-refractivity contribution in [1.29, 1.82) is 0 Å². The highest BCUT2D eigenvalue weighted by Crippen LogP contribution is 2.32. The summed E-state index contributed by atoms with van der Waals surface area (Å²) >= 11 is 5.85. The fourth-order valence-electron chi connectivity index (χ4n) is 1.63. The number of carbonyl (C=O) groups is 1. The van der Waals surface area contributed by atoms with E-state index in [0.717, 1.165) is 12.8 Å². The van der Waals surface area contributed by atoms with Crippen molar-refractivity contribution in [2.24, 2.45) is 5.92 Å². The number of carbonyl (C=O) groups excluding carboxylic acids is 1. The van der Waals surface area contributed by atoms with E-state index in [1.807, 2.05) is 0 Å². The highest BCUT2D eigenvalue weighted by Gasteiger charge is 2.29. The molecule has 0 heterocycles. The van der Waals surface area contributed by atoms with Gasteiger partial charge in [-0.15, -0.1) is 0 Å². The second-order valence-electron chi connectivity index (χ2n) is 4.28. The van der Waals surface area contributed by atoms with Crippen LogP contribution in [0.4, 0.5) is 0 Å². The van der Waals surface area contributed by atoms with E-state index in [1.165, 1.54) is 18.2 Å². The molecule has 0 radical (unpaired) electrons. The lowest BCUT2D eigenvalue weighted by Crippen LogP contribution is -2.33. The minimum atomic E-state index is -0.491. The Labute approximate surface area is 104 Å². The van der Waals surface area contributed by atoms with Crippen LogP contribution in [0.25, 0.3) is 0 Å². The third-order valence-corrected chi connectivity index (χ3v) is 3.16. The molecule has 1 atom stereocenters. The van der Waals surface area contributed by atoms with E-state index in [4.69, 9.17) is 11.6 Å². The molecule has 92 valence electrons. The third kappa shape index (κ3) is 3.11. The SMILES string of the molecule is O=C(NCC(O)C1CC1)c1cc(O)ccc1Cl. The van der Waals surface area contributed by atoms with Crippen LogP contribution in [0.3, 0.4) is 0 Å². The quantitative estimate of drug-likeness (QED) is 0.765. The Kier molecular flexibility index (Phi) is 3.54. The Morgan fingerprint density at radius 2 is 2.24 bits per heavy atom. The summed E-state index contributed by atoms with van der Waals surface area (Å²) in [6.07, 6.45) is 1.54. The number of benzene rings is 1. The van der Waals surface area contributed by atoms with Crippen LogP contribution in [0.15, 0.2) is 18.2 Å². The van der Waals surface area contributed by atoms with Crippen molar-refractivity contribution in [1.82, 2.24) is 5.32 Å². The first-order valence-electron chi connectivity index (χ1n) is 5.52. The second kappa shape index (κ2) is 4.94. The minimum absolute atomic E-state index is 0.0118. The Bertz CT molecular complexity index is 432. The van der Waals surface area contributed by atoms with E-state index >= 15 is 0 Å². The first-order chi connectivity index (χ1) is 8.08. The van der Waals surface area contributed by atoms with Gasteiger partial charge >= 0.3 is 0 Å². The number of aliphatic hydroxyl groups is 1. The van der Waals surface area contributed by atoms with Gasteiger partial charge in [-0.2, -0.15) is 0 Å². The molecular weight excluding hydrogens is 242 g/mol. The summed E-state index contributed by atoms with van der Waals surface area (Å²) < 4.78 is 0. The fourth-order valence-corrected chi connectivity index (χ4v) is 1.83. The summed E-state index contributed by atoms with van der Waals surface area (Å²) in [4.78, 5) is 11.7. The van der Waals surface area contributed by atoms with Gasteiger partial charge in [-0.1, -0.05) is 11.6 Å². The molecule has 0 aromatic heterocycles. The summed E-state index contributed by atoms with van der Waals surface area (Å²) in [5.74, 6) is -0.0807. The van der Waals surface area contributed by atoms with Crippen molar-refractivity contribution in [2.75, 3.05) is 6.54 Å². The highest BCUT2D eigenvalue weighted by molar-refractivity contribution is 6.33. The fraction of sp³-hybridized carbons (Fsp3) is 0.417. The van der Waals surface area contributed by atoms with Gasteiger partial charge < -0.3 is 15.5 Å². The first kappa shape index (κ1) is 12.2. The molecule has 4 nitrogen and oxygen atoms in total. The number of phenolic OH excluding ortho intramolecular Hbond substituents is 1. The smallest absolute Gasteiger partial charge is 0.253 e. The number of nitrogens with one attached hydrogen (secondary N) is 1. The molecule has 0 aliphatic heterocycles. The monoisotopic (exact) mass is 255 g/mol. The van der Waals surface area contributed by atoms with Crippen LogP contribution in [0.1, 0.15) is 23.2 Å². The van der Waals surface area contributed by atoms with Crippen molar-refractivity contribution in [3.63, 3.8) is 0 Å². The van der Waals surface area contributed by atoms with E-state index in [1.54, 1.807) is 0 Å². The van der Waals surface area contributed by atoms with Gasteiger partial charge in [0.05, 0.1) is 16.7 Å². The predicted molar refractivity (Wildman–Crippen MR) is 64.2 cm³/mol. The number of hydrogen-bond acceptors (Lipinski definition) is 3.